The number of rotatable bonds is 8. The zero-order valence-electron chi connectivity index (χ0n) is 18.5. The van der Waals surface area contributed by atoms with Gasteiger partial charge in [-0.2, -0.15) is 0 Å². The van der Waals surface area contributed by atoms with Crippen LogP contribution in [0.25, 0.3) is 0 Å². The molecule has 30 heavy (non-hydrogen) atoms. The first kappa shape index (κ1) is 23.4. The van der Waals surface area contributed by atoms with E-state index < -0.39 is 6.10 Å². The lowest BCUT2D eigenvalue weighted by Gasteiger charge is -2.27. The van der Waals surface area contributed by atoms with Crippen molar-refractivity contribution in [1.29, 1.82) is 0 Å². The van der Waals surface area contributed by atoms with Crippen molar-refractivity contribution in [3.8, 4) is 5.75 Å². The van der Waals surface area contributed by atoms with Gasteiger partial charge < -0.3 is 14.7 Å². The van der Waals surface area contributed by atoms with E-state index >= 15 is 0 Å². The van der Waals surface area contributed by atoms with Gasteiger partial charge in [-0.3, -0.25) is 9.97 Å². The van der Waals surface area contributed by atoms with Gasteiger partial charge >= 0.3 is 0 Å². The lowest BCUT2D eigenvalue weighted by molar-refractivity contribution is 0.215. The molecule has 1 N–H and O–H groups in total. The van der Waals surface area contributed by atoms with E-state index in [0.717, 1.165) is 42.9 Å². The minimum Gasteiger partial charge on any atom is -0.497 e. The van der Waals surface area contributed by atoms with E-state index in [1.165, 1.54) is 5.56 Å². The van der Waals surface area contributed by atoms with Crippen molar-refractivity contribution in [1.82, 2.24) is 9.97 Å². The number of aryl methyl sites for hydroxylation is 1. The summed E-state index contributed by atoms with van der Waals surface area (Å²) in [5, 5.41) is 10.8. The van der Waals surface area contributed by atoms with Crippen LogP contribution in [0.15, 0.2) is 67.1 Å². The topological polar surface area (TPSA) is 58.5 Å². The quantitative estimate of drug-likeness (QED) is 0.557. The van der Waals surface area contributed by atoms with Crippen molar-refractivity contribution in [2.45, 2.75) is 39.7 Å². The number of aliphatic hydroxyl groups excluding tert-OH is 1. The Morgan fingerprint density at radius 1 is 0.933 bits per heavy atom. The first-order valence-electron chi connectivity index (χ1n) is 10.5. The fraction of sp³-hybridized carbons (Fsp3) is 0.360. The van der Waals surface area contributed by atoms with Crippen LogP contribution in [0.2, 0.25) is 0 Å². The summed E-state index contributed by atoms with van der Waals surface area (Å²) in [5.41, 5.74) is 3.80. The summed E-state index contributed by atoms with van der Waals surface area (Å²) >= 11 is 0. The Labute approximate surface area is 180 Å². The number of anilines is 1. The number of aromatic nitrogens is 2. The first-order valence-corrected chi connectivity index (χ1v) is 10.5. The Morgan fingerprint density at radius 2 is 1.57 bits per heavy atom. The maximum absolute atomic E-state index is 10.8. The average molecular weight is 408 g/mol. The normalized spacial score (nSPS) is 11.2. The number of pyridine rings is 2. The van der Waals surface area contributed by atoms with Gasteiger partial charge in [0, 0.05) is 31.7 Å². The molecule has 0 aliphatic heterocycles. The molecule has 0 fully saturated rings. The highest BCUT2D eigenvalue weighted by Gasteiger charge is 2.19. The molecule has 3 aromatic rings. The number of aliphatic hydroxyl groups is 1. The molecule has 1 atom stereocenters. The van der Waals surface area contributed by atoms with Crippen molar-refractivity contribution in [3.63, 3.8) is 0 Å². The van der Waals surface area contributed by atoms with Crippen molar-refractivity contribution in [3.05, 3.63) is 83.9 Å². The molecule has 0 saturated heterocycles. The van der Waals surface area contributed by atoms with Gasteiger partial charge in [-0.15, -0.1) is 0 Å². The first-order chi connectivity index (χ1) is 14.6. The maximum atomic E-state index is 10.8. The number of nitrogens with zero attached hydrogens (tertiary/aromatic N) is 3. The van der Waals surface area contributed by atoms with Gasteiger partial charge in [0.1, 0.15) is 11.9 Å². The lowest BCUT2D eigenvalue weighted by Crippen LogP contribution is -2.27. The number of hydrogen-bond acceptors (Lipinski definition) is 5. The highest BCUT2D eigenvalue weighted by Crippen LogP contribution is 2.30. The third kappa shape index (κ3) is 6.85. The van der Waals surface area contributed by atoms with Gasteiger partial charge in [0.2, 0.25) is 0 Å². The molecule has 0 radical (unpaired) electrons. The van der Waals surface area contributed by atoms with E-state index in [9.17, 15) is 5.11 Å². The Bertz CT molecular complexity index is 848. The van der Waals surface area contributed by atoms with Crippen molar-refractivity contribution in [2.24, 2.45) is 0 Å². The van der Waals surface area contributed by atoms with E-state index in [2.05, 4.69) is 28.7 Å². The van der Waals surface area contributed by atoms with Crippen LogP contribution < -0.4 is 9.64 Å². The van der Waals surface area contributed by atoms with Gasteiger partial charge in [-0.25, -0.2) is 0 Å². The van der Waals surface area contributed by atoms with E-state index in [0.29, 0.717) is 5.69 Å². The second-order valence-corrected chi connectivity index (χ2v) is 7.10. The lowest BCUT2D eigenvalue weighted by atomic mass is 10.0. The summed E-state index contributed by atoms with van der Waals surface area (Å²) in [6, 6.07) is 15.4. The van der Waals surface area contributed by atoms with Crippen molar-refractivity contribution in [2.75, 3.05) is 25.1 Å². The third-order valence-corrected chi connectivity index (χ3v) is 4.68. The van der Waals surface area contributed by atoms with Crippen molar-refractivity contribution >= 4 is 5.69 Å². The van der Waals surface area contributed by atoms with E-state index in [1.54, 1.807) is 25.7 Å². The smallest absolute Gasteiger partial charge is 0.123 e. The summed E-state index contributed by atoms with van der Waals surface area (Å²) < 4.78 is 5.17. The molecule has 0 aliphatic rings. The van der Waals surface area contributed by atoms with Crippen LogP contribution in [-0.2, 0) is 0 Å². The van der Waals surface area contributed by atoms with Gasteiger partial charge in [-0.05, 0) is 67.3 Å². The Balaban J connectivity index is 0.000000386. The molecule has 0 bridgehead atoms. The molecule has 160 valence electrons. The summed E-state index contributed by atoms with van der Waals surface area (Å²) in [6.45, 7) is 8.29. The van der Waals surface area contributed by atoms with Crippen LogP contribution in [0.4, 0.5) is 5.69 Å². The maximum Gasteiger partial charge on any atom is 0.123 e. The van der Waals surface area contributed by atoms with Crippen LogP contribution in [0, 0.1) is 6.92 Å². The van der Waals surface area contributed by atoms with Crippen LogP contribution in [0.5, 0.6) is 5.75 Å². The van der Waals surface area contributed by atoms with Gasteiger partial charge in [0.15, 0.2) is 0 Å². The molecular weight excluding hydrogens is 374 g/mol. The Morgan fingerprint density at radius 3 is 2.07 bits per heavy atom. The molecule has 0 spiro atoms. The molecule has 3 rings (SSSR count). The minimum atomic E-state index is -0.742. The highest BCUT2D eigenvalue weighted by atomic mass is 16.5. The summed E-state index contributed by atoms with van der Waals surface area (Å²) in [6.07, 6.45) is 6.69. The summed E-state index contributed by atoms with van der Waals surface area (Å²) in [4.78, 5) is 10.6. The number of hydrogen-bond donors (Lipinski definition) is 1. The highest BCUT2D eigenvalue weighted by molar-refractivity contribution is 5.53. The van der Waals surface area contributed by atoms with Gasteiger partial charge in [0.05, 0.1) is 18.5 Å². The van der Waals surface area contributed by atoms with Gasteiger partial charge in [0.25, 0.3) is 0 Å². The van der Waals surface area contributed by atoms with Crippen LogP contribution in [0.3, 0.4) is 0 Å². The van der Waals surface area contributed by atoms with Crippen LogP contribution in [0.1, 0.15) is 49.6 Å². The number of benzene rings is 1. The molecular formula is C25H33N3O2. The van der Waals surface area contributed by atoms with Crippen LogP contribution >= 0.6 is 0 Å². The summed E-state index contributed by atoms with van der Waals surface area (Å²) in [5.74, 6) is 0.779. The molecule has 1 unspecified atom stereocenters. The third-order valence-electron chi connectivity index (χ3n) is 4.68. The molecule has 2 heterocycles. The molecule has 0 saturated carbocycles. The molecule has 2 aromatic heterocycles. The summed E-state index contributed by atoms with van der Waals surface area (Å²) in [7, 11) is 1.63. The minimum absolute atomic E-state index is 0.708. The fourth-order valence-electron chi connectivity index (χ4n) is 3.15. The van der Waals surface area contributed by atoms with E-state index in [-0.39, 0.29) is 0 Å². The zero-order valence-corrected chi connectivity index (χ0v) is 18.5. The monoisotopic (exact) mass is 407 g/mol. The second-order valence-electron chi connectivity index (χ2n) is 7.10. The van der Waals surface area contributed by atoms with E-state index in [4.69, 9.17) is 4.74 Å². The Kier molecular flexibility index (Phi) is 9.81. The SMILES string of the molecule is CCCN(CCC)c1cccnc1C(O)c1ccc(OC)cc1.Cc1ccncc1. The number of ether oxygens (including phenoxy) is 1. The Hall–Kier alpha value is -2.92. The molecule has 0 amide bonds. The molecule has 5 nitrogen and oxygen atoms in total. The fourth-order valence-corrected chi connectivity index (χ4v) is 3.15. The van der Waals surface area contributed by atoms with Gasteiger partial charge in [-0.1, -0.05) is 26.0 Å². The zero-order chi connectivity index (χ0) is 21.8. The standard InChI is InChI=1S/C19H26N2O2.C6H7N/c1-4-13-21(14-5-2)17-7-6-12-20-18(17)19(22)15-8-10-16(23-3)11-9-15;1-6-2-4-7-5-3-6/h6-12,19,22H,4-5,13-14H2,1-3H3;2-5H,1H3. The predicted octanol–water partition coefficient (Wildman–Crippen LogP) is 5.19. The largest absolute Gasteiger partial charge is 0.497 e. The van der Waals surface area contributed by atoms with Crippen molar-refractivity contribution < 1.29 is 9.84 Å². The molecule has 0 aliphatic carbocycles. The second kappa shape index (κ2) is 12.6. The average Bonchev–Trinajstić information content (AvgIpc) is 2.79. The van der Waals surface area contributed by atoms with E-state index in [1.807, 2.05) is 55.5 Å². The predicted molar refractivity (Wildman–Crippen MR) is 123 cm³/mol. The van der Waals surface area contributed by atoms with Crippen LogP contribution in [-0.4, -0.2) is 35.3 Å². The molecule has 5 heteroatoms. The number of methoxy groups -OCH3 is 1. The molecule has 1 aromatic carbocycles.